The van der Waals surface area contributed by atoms with Crippen molar-refractivity contribution in [2.75, 3.05) is 11.4 Å². The molecule has 1 aliphatic rings. The lowest BCUT2D eigenvalue weighted by Gasteiger charge is -2.13. The van der Waals surface area contributed by atoms with E-state index in [0.717, 1.165) is 21.9 Å². The van der Waals surface area contributed by atoms with E-state index in [1.54, 1.807) is 24.3 Å². The predicted octanol–water partition coefficient (Wildman–Crippen LogP) is 1.42. The Kier molecular flexibility index (Phi) is 5.64. The van der Waals surface area contributed by atoms with Crippen molar-refractivity contribution in [2.24, 2.45) is 5.73 Å². The van der Waals surface area contributed by atoms with Crippen LogP contribution >= 0.6 is 0 Å². The Morgan fingerprint density at radius 3 is 2.23 bits per heavy atom. The Morgan fingerprint density at radius 2 is 1.60 bits per heavy atom. The Balaban J connectivity index is 0.00000256. The summed E-state index contributed by atoms with van der Waals surface area (Å²) in [6, 6.07) is 17.7. The molecule has 1 fully saturated rings. The van der Waals surface area contributed by atoms with Crippen LogP contribution in [0.2, 0.25) is 0 Å². The molecule has 1 aliphatic heterocycles. The second-order valence-corrected chi connectivity index (χ2v) is 6.94. The molecule has 0 radical (unpaired) electrons. The molecular weight excluding hydrogens is 380 g/mol. The number of benzene rings is 3. The maximum absolute atomic E-state index is 12.7. The third-order valence-electron chi connectivity index (χ3n) is 4.90. The number of fused-ring (bicyclic) bond motifs is 1. The molecule has 30 heavy (non-hydrogen) atoms. The van der Waals surface area contributed by atoms with E-state index in [9.17, 15) is 14.4 Å². The van der Waals surface area contributed by atoms with Crippen molar-refractivity contribution in [2.45, 2.75) is 13.8 Å². The first-order valence-electron chi connectivity index (χ1n) is 9.06. The predicted molar refractivity (Wildman–Crippen MR) is 116 cm³/mol. The number of nitrogens with two attached hydrogens (primary N) is 2. The summed E-state index contributed by atoms with van der Waals surface area (Å²) in [6.07, 6.45) is 0.255. The summed E-state index contributed by atoms with van der Waals surface area (Å²) in [6.45, 7) is -0.0154. The van der Waals surface area contributed by atoms with Gasteiger partial charge in [0.05, 0.1) is 5.56 Å². The second-order valence-electron chi connectivity index (χ2n) is 6.94. The number of hydrogen-bond acceptors (Lipinski definition) is 3. The van der Waals surface area contributed by atoms with Gasteiger partial charge in [-0.05, 0) is 52.7 Å². The van der Waals surface area contributed by atoms with Crippen LogP contribution in [0.3, 0.4) is 0 Å². The topological polar surface area (TPSA) is 118 Å². The fourth-order valence-corrected chi connectivity index (χ4v) is 3.35. The van der Waals surface area contributed by atoms with Crippen LogP contribution in [0.5, 0.6) is 0 Å². The second kappa shape index (κ2) is 8.16. The highest BCUT2D eigenvalue weighted by atomic mass is 16.2. The number of amides is 3. The fourth-order valence-electron chi connectivity index (χ4n) is 3.35. The summed E-state index contributed by atoms with van der Waals surface area (Å²) in [5.41, 5.74) is 8.42. The Bertz CT molecular complexity index is 1170. The first kappa shape index (κ1) is 20.7. The number of amidine groups is 1. The zero-order valence-electron chi connectivity index (χ0n) is 15.5. The lowest BCUT2D eigenvalue weighted by atomic mass is 9.99. The Labute approximate surface area is 174 Å². The number of urea groups is 1. The number of Topliss-reactive ketones (excluding diaryl/α,β-unsaturated/α-hetero) is 1. The lowest BCUT2D eigenvalue weighted by molar-refractivity contribution is -0.117. The van der Waals surface area contributed by atoms with Gasteiger partial charge < -0.3 is 0 Å². The van der Waals surface area contributed by atoms with E-state index in [-0.39, 0.29) is 37.9 Å². The van der Waals surface area contributed by atoms with Gasteiger partial charge in [0.1, 0.15) is 6.54 Å². The molecule has 3 aromatic carbocycles. The molecule has 0 aromatic heterocycles. The van der Waals surface area contributed by atoms with Gasteiger partial charge in [-0.1, -0.05) is 31.7 Å². The number of anilines is 1. The molecule has 0 aliphatic carbocycles. The highest BCUT2D eigenvalue weighted by Crippen LogP contribution is 2.21. The third kappa shape index (κ3) is 4.05. The largest absolute Gasteiger partial charge is 0.329 e. The molecule has 0 atom stereocenters. The van der Waals surface area contributed by atoms with E-state index < -0.39 is 6.03 Å². The van der Waals surface area contributed by atoms with Crippen LogP contribution in [0, 0.1) is 0 Å². The fraction of sp³-hybridized carbons (Fsp3) is 0.130. The van der Waals surface area contributed by atoms with E-state index in [1.165, 1.54) is 4.90 Å². The van der Waals surface area contributed by atoms with Crippen molar-refractivity contribution < 1.29 is 19.8 Å². The van der Waals surface area contributed by atoms with E-state index in [2.05, 4.69) is 5.32 Å². The average molecular weight is 403 g/mol. The third-order valence-corrected chi connectivity index (χ3v) is 4.90. The smallest absolute Gasteiger partial charge is 0.294 e. The van der Waals surface area contributed by atoms with Crippen LogP contribution in [-0.4, -0.2) is 30.1 Å². The molecule has 0 unspecified atom stereocenters. The van der Waals surface area contributed by atoms with Gasteiger partial charge in [-0.25, -0.2) is 4.79 Å². The highest BCUT2D eigenvalue weighted by Gasteiger charge is 2.27. The monoisotopic (exact) mass is 403 g/mol. The zero-order chi connectivity index (χ0) is 20.5. The van der Waals surface area contributed by atoms with Crippen molar-refractivity contribution in [3.8, 4) is 0 Å². The molecule has 7 heteroatoms. The van der Waals surface area contributed by atoms with Crippen LogP contribution in [0.1, 0.15) is 28.9 Å². The summed E-state index contributed by atoms with van der Waals surface area (Å²) in [4.78, 5) is 37.0. The van der Waals surface area contributed by atoms with E-state index in [4.69, 9.17) is 11.1 Å². The summed E-state index contributed by atoms with van der Waals surface area (Å²) in [5, 5.41) is 9.86. The van der Waals surface area contributed by atoms with E-state index in [1.807, 2.05) is 36.4 Å². The number of ketones is 1. The van der Waals surface area contributed by atoms with Gasteiger partial charge in [0.15, 0.2) is 5.78 Å². The van der Waals surface area contributed by atoms with Gasteiger partial charge in [-0.15, -0.1) is 0 Å². The minimum Gasteiger partial charge on any atom is -0.294 e. The van der Waals surface area contributed by atoms with Gasteiger partial charge in [0.25, 0.3) is 5.84 Å². The van der Waals surface area contributed by atoms with Gasteiger partial charge in [-0.2, -0.15) is 0 Å². The van der Waals surface area contributed by atoms with Crippen molar-refractivity contribution >= 4 is 40.0 Å². The maximum Gasteiger partial charge on any atom is 0.329 e. The van der Waals surface area contributed by atoms with E-state index in [0.29, 0.717) is 11.3 Å². The van der Waals surface area contributed by atoms with Crippen LogP contribution in [0.4, 0.5) is 10.5 Å². The molecule has 0 bridgehead atoms. The first-order valence-corrected chi connectivity index (χ1v) is 9.06. The molecule has 0 saturated carbocycles. The molecule has 0 spiro atoms. The van der Waals surface area contributed by atoms with Gasteiger partial charge >= 0.3 is 6.03 Å². The summed E-state index contributed by atoms with van der Waals surface area (Å²) >= 11 is 0. The quantitative estimate of drug-likeness (QED) is 0.258. The number of carbonyl (C=O) groups excluding carboxylic acids is 3. The summed E-state index contributed by atoms with van der Waals surface area (Å²) in [5.74, 6) is -0.106. The van der Waals surface area contributed by atoms with Crippen molar-refractivity contribution in [3.05, 3.63) is 77.4 Å². The Hall–Kier alpha value is -4.00. The molecular formula is C23H23N4O3+. The van der Waals surface area contributed by atoms with Gasteiger partial charge in [0, 0.05) is 17.7 Å². The normalized spacial score (nSPS) is 13.1. The number of hydrogen-bond donors (Lipinski definition) is 3. The van der Waals surface area contributed by atoms with Crippen molar-refractivity contribution in [1.29, 1.82) is 0 Å². The van der Waals surface area contributed by atoms with Crippen molar-refractivity contribution in [1.82, 2.24) is 5.32 Å². The first-order chi connectivity index (χ1) is 13.9. The highest BCUT2D eigenvalue weighted by molar-refractivity contribution is 6.12. The van der Waals surface area contributed by atoms with Crippen LogP contribution in [0.15, 0.2) is 60.7 Å². The van der Waals surface area contributed by atoms with Gasteiger partial charge in [-0.3, -0.25) is 30.9 Å². The van der Waals surface area contributed by atoms with Crippen LogP contribution in [0.25, 0.3) is 10.8 Å². The lowest BCUT2D eigenvalue weighted by Crippen LogP contribution is -2.46. The molecule has 3 amide bonds. The SMILES string of the molecule is C.NC(=[NH2+])c1ccc2cc(CC(=O)c3ccc(N4CC(=O)NC4=O)cc3)ccc2c1. The minimum atomic E-state index is -0.456. The van der Waals surface area contributed by atoms with Crippen LogP contribution in [-0.2, 0) is 11.2 Å². The summed E-state index contributed by atoms with van der Waals surface area (Å²) in [7, 11) is 0. The number of carbonyl (C=O) groups is 3. The summed E-state index contributed by atoms with van der Waals surface area (Å²) < 4.78 is 0. The number of nitrogens with one attached hydrogen (secondary N) is 1. The maximum atomic E-state index is 12.7. The van der Waals surface area contributed by atoms with E-state index >= 15 is 0 Å². The van der Waals surface area contributed by atoms with Gasteiger partial charge in [0.2, 0.25) is 5.91 Å². The Morgan fingerprint density at radius 1 is 0.967 bits per heavy atom. The van der Waals surface area contributed by atoms with Crippen molar-refractivity contribution in [3.63, 3.8) is 0 Å². The van der Waals surface area contributed by atoms with Crippen LogP contribution < -0.4 is 21.4 Å². The molecule has 4 rings (SSSR count). The molecule has 3 aromatic rings. The zero-order valence-corrected chi connectivity index (χ0v) is 15.5. The standard InChI is InChI=1S/C22H18N4O3.CH4/c23-21(24)17-4-3-15-9-13(1-2-16(15)11-17)10-19(27)14-5-7-18(8-6-14)26-12-20(28)25-22(26)29;/h1-9,11H,10,12H2,(H3,23,24)(H,25,28,29);1H4/p+1. The number of nitrogens with zero attached hydrogens (tertiary/aromatic N) is 1. The molecule has 7 nitrogen and oxygen atoms in total. The molecule has 1 heterocycles. The minimum absolute atomic E-state index is 0. The number of imide groups is 1. The molecule has 5 N–H and O–H groups in total. The molecule has 1 saturated heterocycles. The average Bonchev–Trinajstić information content (AvgIpc) is 3.05. The number of rotatable bonds is 5. The molecule has 152 valence electrons.